The van der Waals surface area contributed by atoms with Crippen LogP contribution in [0.5, 0.6) is 0 Å². The van der Waals surface area contributed by atoms with E-state index in [2.05, 4.69) is 27.4 Å². The summed E-state index contributed by atoms with van der Waals surface area (Å²) in [7, 11) is 0. The Kier molecular flexibility index (Phi) is 10.5. The molecule has 5 heteroatoms. The molecule has 0 spiro atoms. The molecule has 0 aromatic rings. The molecule has 0 bridgehead atoms. The first-order valence-corrected chi connectivity index (χ1v) is 13.8. The Morgan fingerprint density at radius 1 is 1.03 bits per heavy atom. The van der Waals surface area contributed by atoms with Crippen LogP contribution >= 0.6 is 0 Å². The summed E-state index contributed by atoms with van der Waals surface area (Å²) in [6.07, 6.45) is 10.1. The Balaban J connectivity index is 1.71. The third-order valence-corrected chi connectivity index (χ3v) is 9.20. The van der Waals surface area contributed by atoms with E-state index in [0.29, 0.717) is 31.1 Å². The van der Waals surface area contributed by atoms with Gasteiger partial charge in [-0.3, -0.25) is 0 Å². The summed E-state index contributed by atoms with van der Waals surface area (Å²) in [5.74, 6) is 1.39. The summed E-state index contributed by atoms with van der Waals surface area (Å²) in [6, 6.07) is 0. The van der Waals surface area contributed by atoms with E-state index < -0.39 is 11.2 Å². The van der Waals surface area contributed by atoms with Crippen molar-refractivity contribution < 1.29 is 25.2 Å². The molecule has 2 rings (SSSR count). The number of hydrogen-bond acceptors (Lipinski definition) is 5. The number of allylic oxidation sites excluding steroid dienone is 1. The molecule has 9 atom stereocenters. The van der Waals surface area contributed by atoms with Crippen molar-refractivity contribution in [3.8, 4) is 0 Å². The van der Waals surface area contributed by atoms with E-state index in [4.69, 9.17) is 4.74 Å². The van der Waals surface area contributed by atoms with Crippen molar-refractivity contribution in [3.63, 3.8) is 0 Å². The lowest BCUT2D eigenvalue weighted by Crippen LogP contribution is -2.52. The smallest absolute Gasteiger partial charge is 0.0879 e. The molecular weight excluding hydrogens is 428 g/mol. The summed E-state index contributed by atoms with van der Waals surface area (Å²) >= 11 is 0. The van der Waals surface area contributed by atoms with Crippen LogP contribution in [-0.4, -0.2) is 49.4 Å². The van der Waals surface area contributed by atoms with E-state index in [-0.39, 0.29) is 35.4 Å². The molecule has 1 aliphatic heterocycles. The second kappa shape index (κ2) is 12.1. The largest absolute Gasteiger partial charge is 0.513 e. The van der Waals surface area contributed by atoms with Gasteiger partial charge in [0.25, 0.3) is 0 Å². The van der Waals surface area contributed by atoms with Crippen LogP contribution in [-0.2, 0) is 4.74 Å². The minimum Gasteiger partial charge on any atom is -0.513 e. The summed E-state index contributed by atoms with van der Waals surface area (Å²) in [6.45, 7) is 15.9. The van der Waals surface area contributed by atoms with Crippen LogP contribution in [0.1, 0.15) is 119 Å². The monoisotopic (exact) mass is 482 g/mol. The fraction of sp³-hybridized carbons (Fsp3) is 0.931. The molecule has 0 aromatic heterocycles. The fourth-order valence-corrected chi connectivity index (χ4v) is 6.18. The van der Waals surface area contributed by atoms with E-state index in [9.17, 15) is 20.4 Å². The zero-order valence-corrected chi connectivity index (χ0v) is 22.9. The third-order valence-electron chi connectivity index (χ3n) is 9.20. The molecule has 0 radical (unpaired) electrons. The lowest BCUT2D eigenvalue weighted by molar-refractivity contribution is -0.200. The molecule has 1 heterocycles. The van der Waals surface area contributed by atoms with Gasteiger partial charge in [-0.2, -0.15) is 0 Å². The van der Waals surface area contributed by atoms with Crippen LogP contribution in [0.4, 0.5) is 0 Å². The van der Waals surface area contributed by atoms with Crippen molar-refractivity contribution in [1.82, 2.24) is 0 Å². The maximum atomic E-state index is 10.9. The van der Waals surface area contributed by atoms with Crippen LogP contribution in [0.25, 0.3) is 0 Å². The standard InChI is InChI=1S/C29H54O5/c1-20(23(4)30)11-8-13-27(5,32)14-9-15-28(6,33)16-10-17-29(7)18-12-24-19-25(31)21(2)22(3)26(24)34-29/h20-22,24-26,30-33H,4,8-19H2,1-3,5-7H3. The molecule has 4 N–H and O–H groups in total. The molecule has 1 saturated heterocycles. The zero-order valence-electron chi connectivity index (χ0n) is 22.9. The van der Waals surface area contributed by atoms with Crippen molar-refractivity contribution in [2.75, 3.05) is 0 Å². The fourth-order valence-electron chi connectivity index (χ4n) is 6.18. The van der Waals surface area contributed by atoms with Gasteiger partial charge in [0.15, 0.2) is 0 Å². The first kappa shape index (κ1) is 29.6. The lowest BCUT2D eigenvalue weighted by atomic mass is 9.67. The molecule has 0 aromatic carbocycles. The maximum Gasteiger partial charge on any atom is 0.0879 e. The Bertz CT molecular complexity index is 642. The van der Waals surface area contributed by atoms with Gasteiger partial charge in [-0.05, 0) is 116 Å². The van der Waals surface area contributed by atoms with Crippen molar-refractivity contribution in [3.05, 3.63) is 12.3 Å². The topological polar surface area (TPSA) is 90.2 Å². The molecule has 2 fully saturated rings. The van der Waals surface area contributed by atoms with Gasteiger partial charge in [0, 0.05) is 5.92 Å². The summed E-state index contributed by atoms with van der Waals surface area (Å²) < 4.78 is 6.67. The van der Waals surface area contributed by atoms with Crippen LogP contribution < -0.4 is 0 Å². The molecule has 1 saturated carbocycles. The normalized spacial score (nSPS) is 36.2. The molecule has 200 valence electrons. The average molecular weight is 483 g/mol. The Morgan fingerprint density at radius 3 is 2.18 bits per heavy atom. The molecule has 9 unspecified atom stereocenters. The number of fused-ring (bicyclic) bond motifs is 1. The third kappa shape index (κ3) is 8.80. The second-order valence-corrected chi connectivity index (χ2v) is 12.8. The maximum absolute atomic E-state index is 10.9. The highest BCUT2D eigenvalue weighted by Crippen LogP contribution is 2.46. The minimum atomic E-state index is -0.742. The Labute approximate surface area is 209 Å². The number of aliphatic hydroxyl groups excluding tert-OH is 2. The van der Waals surface area contributed by atoms with Crippen molar-refractivity contribution >= 4 is 0 Å². The SMILES string of the molecule is C=C(O)C(C)CCCC(C)(O)CCCC(C)(O)CCCC1(C)CCC2CC(O)C(C)C(C)C2O1. The highest BCUT2D eigenvalue weighted by Gasteiger charge is 2.46. The number of rotatable bonds is 13. The first-order chi connectivity index (χ1) is 15.6. The highest BCUT2D eigenvalue weighted by atomic mass is 16.5. The van der Waals surface area contributed by atoms with Crippen molar-refractivity contribution in [1.29, 1.82) is 0 Å². The van der Waals surface area contributed by atoms with Gasteiger partial charge in [-0.1, -0.05) is 27.4 Å². The first-order valence-electron chi connectivity index (χ1n) is 13.8. The van der Waals surface area contributed by atoms with Gasteiger partial charge in [0.2, 0.25) is 0 Å². The molecule has 34 heavy (non-hydrogen) atoms. The molecular formula is C29H54O5. The quantitative estimate of drug-likeness (QED) is 0.231. The van der Waals surface area contributed by atoms with Gasteiger partial charge in [0.1, 0.15) is 0 Å². The minimum absolute atomic E-state index is 0.0636. The van der Waals surface area contributed by atoms with E-state index in [1.807, 2.05) is 20.8 Å². The molecule has 2 aliphatic rings. The van der Waals surface area contributed by atoms with Gasteiger partial charge >= 0.3 is 0 Å². The zero-order chi connectivity index (χ0) is 25.7. The van der Waals surface area contributed by atoms with Crippen LogP contribution in [0.3, 0.4) is 0 Å². The Morgan fingerprint density at radius 2 is 1.59 bits per heavy atom. The predicted molar refractivity (Wildman–Crippen MR) is 139 cm³/mol. The van der Waals surface area contributed by atoms with Gasteiger partial charge in [-0.25, -0.2) is 0 Å². The van der Waals surface area contributed by atoms with Gasteiger partial charge in [-0.15, -0.1) is 0 Å². The van der Waals surface area contributed by atoms with Gasteiger partial charge in [0.05, 0.1) is 34.8 Å². The van der Waals surface area contributed by atoms with Crippen LogP contribution in [0, 0.1) is 23.7 Å². The number of hydrogen-bond donors (Lipinski definition) is 4. The lowest BCUT2D eigenvalue weighted by Gasteiger charge is -2.51. The second-order valence-electron chi connectivity index (χ2n) is 12.8. The molecule has 0 amide bonds. The van der Waals surface area contributed by atoms with Gasteiger partial charge < -0.3 is 25.2 Å². The van der Waals surface area contributed by atoms with Crippen LogP contribution in [0.2, 0.25) is 0 Å². The van der Waals surface area contributed by atoms with E-state index in [1.54, 1.807) is 0 Å². The predicted octanol–water partition coefficient (Wildman–Crippen LogP) is 6.30. The van der Waals surface area contributed by atoms with E-state index in [1.165, 1.54) is 0 Å². The molecule has 1 aliphatic carbocycles. The molecule has 5 nitrogen and oxygen atoms in total. The van der Waals surface area contributed by atoms with Crippen molar-refractivity contribution in [2.24, 2.45) is 23.7 Å². The summed E-state index contributed by atoms with van der Waals surface area (Å²) in [5, 5.41) is 41.4. The Hall–Kier alpha value is -0.620. The summed E-state index contributed by atoms with van der Waals surface area (Å²) in [4.78, 5) is 0. The van der Waals surface area contributed by atoms with E-state index in [0.717, 1.165) is 57.8 Å². The average Bonchev–Trinajstić information content (AvgIpc) is 2.72. The van der Waals surface area contributed by atoms with E-state index >= 15 is 0 Å². The number of ether oxygens (including phenoxy) is 1. The number of aliphatic hydroxyl groups is 4. The highest BCUT2D eigenvalue weighted by molar-refractivity contribution is 4.96. The van der Waals surface area contributed by atoms with Crippen molar-refractivity contribution in [2.45, 2.75) is 148 Å². The summed E-state index contributed by atoms with van der Waals surface area (Å²) in [5.41, 5.74) is -1.62. The van der Waals surface area contributed by atoms with Crippen LogP contribution in [0.15, 0.2) is 12.3 Å².